The van der Waals surface area contributed by atoms with Crippen LogP contribution in [0, 0.1) is 6.92 Å². The molecule has 4 heteroatoms. The third kappa shape index (κ3) is 2.31. The molecule has 2 aromatic rings. The van der Waals surface area contributed by atoms with E-state index >= 15 is 0 Å². The van der Waals surface area contributed by atoms with Crippen LogP contribution in [0.1, 0.15) is 5.69 Å². The number of pyridine rings is 1. The first-order chi connectivity index (χ1) is 5.77. The summed E-state index contributed by atoms with van der Waals surface area (Å²) in [6.07, 6.45) is 0. The van der Waals surface area contributed by atoms with Crippen molar-refractivity contribution < 1.29 is 5.11 Å². The van der Waals surface area contributed by atoms with Crippen molar-refractivity contribution in [3.63, 3.8) is 0 Å². The van der Waals surface area contributed by atoms with Crippen molar-refractivity contribution in [3.05, 3.63) is 36.0 Å². The average Bonchev–Trinajstić information content (AvgIpc) is 2.07. The number of phenolic OH excluding ortho intramolecular Hbond substituents is 1. The maximum absolute atomic E-state index is 9.43. The first-order valence-electron chi connectivity index (χ1n) is 3.83. The van der Waals surface area contributed by atoms with Gasteiger partial charge in [-0.25, -0.2) is 4.98 Å². The molecule has 2 nitrogen and oxygen atoms in total. The number of aryl methyl sites for hydroxylation is 1. The van der Waals surface area contributed by atoms with E-state index in [4.69, 9.17) is 0 Å². The molecular weight excluding hydrogens is 168 g/mol. The van der Waals surface area contributed by atoms with Gasteiger partial charge in [0.25, 0.3) is 0 Å². The fraction of sp³-hybridized carbons (Fsp3) is 0.100. The summed E-state index contributed by atoms with van der Waals surface area (Å²) in [7, 11) is 0. The summed E-state index contributed by atoms with van der Waals surface area (Å²) in [4.78, 5) is 4.23. The fourth-order valence-corrected chi connectivity index (χ4v) is 1.23. The Balaban J connectivity index is 0.000000845. The van der Waals surface area contributed by atoms with Gasteiger partial charge in [0.05, 0.1) is 8.41 Å². The van der Waals surface area contributed by atoms with Crippen LogP contribution in [0.5, 0.6) is 5.75 Å². The number of hydrogen-bond donors (Lipinski definition) is 1. The minimum absolute atomic E-state index is 0. The number of fused-ring (bicyclic) bond motifs is 1. The van der Waals surface area contributed by atoms with Crippen molar-refractivity contribution in [2.24, 2.45) is 0 Å². The first-order valence-corrected chi connectivity index (χ1v) is 3.83. The van der Waals surface area contributed by atoms with Crippen molar-refractivity contribution in [1.82, 2.24) is 4.98 Å². The van der Waals surface area contributed by atoms with E-state index in [9.17, 15) is 5.11 Å². The van der Waals surface area contributed by atoms with Gasteiger partial charge in [0, 0.05) is 11.1 Å². The van der Waals surface area contributed by atoms with E-state index in [0.717, 1.165) is 11.1 Å². The second-order valence-electron chi connectivity index (χ2n) is 2.80. The summed E-state index contributed by atoms with van der Waals surface area (Å²) in [6, 6.07) is 9.28. The second-order valence-corrected chi connectivity index (χ2v) is 2.80. The molecular formula is C10H13BLiNO. The van der Waals surface area contributed by atoms with Crippen molar-refractivity contribution >= 4 is 38.2 Å². The van der Waals surface area contributed by atoms with Crippen molar-refractivity contribution in [3.8, 4) is 5.75 Å². The Hall–Kier alpha value is -0.908. The molecule has 0 saturated heterocycles. The van der Waals surface area contributed by atoms with Gasteiger partial charge in [-0.2, -0.15) is 0 Å². The normalized spacial score (nSPS) is 8.93. The van der Waals surface area contributed by atoms with Crippen LogP contribution >= 0.6 is 0 Å². The van der Waals surface area contributed by atoms with E-state index < -0.39 is 0 Å². The molecule has 0 saturated carbocycles. The monoisotopic (exact) mass is 181 g/mol. The van der Waals surface area contributed by atoms with Gasteiger partial charge in [-0.3, -0.25) is 0 Å². The molecule has 0 bridgehead atoms. The number of aromatic nitrogens is 1. The van der Waals surface area contributed by atoms with E-state index in [0.29, 0.717) is 5.52 Å². The molecule has 0 aliphatic rings. The molecule has 1 aromatic carbocycles. The average molecular weight is 181 g/mol. The molecule has 0 spiro atoms. The number of hydrogen-bond acceptors (Lipinski definition) is 2. The molecule has 0 amide bonds. The Kier molecular flexibility index (Phi) is 4.76. The van der Waals surface area contributed by atoms with Gasteiger partial charge in [-0.15, -0.1) is 0 Å². The number of phenols is 1. The van der Waals surface area contributed by atoms with Crippen LogP contribution in [0.15, 0.2) is 30.3 Å². The molecule has 68 valence electrons. The summed E-state index contributed by atoms with van der Waals surface area (Å²) in [5, 5.41) is 10.4. The van der Waals surface area contributed by atoms with Crippen LogP contribution < -0.4 is 0 Å². The van der Waals surface area contributed by atoms with E-state index in [1.807, 2.05) is 31.2 Å². The van der Waals surface area contributed by atoms with Crippen LogP contribution in [-0.2, 0) is 0 Å². The summed E-state index contributed by atoms with van der Waals surface area (Å²) in [6.45, 7) is 1.91. The molecule has 0 radical (unpaired) electrons. The Morgan fingerprint density at radius 1 is 1.14 bits per heavy atom. The van der Waals surface area contributed by atoms with Crippen molar-refractivity contribution in [2.45, 2.75) is 6.92 Å². The zero-order valence-electron chi connectivity index (χ0n) is 6.78. The Morgan fingerprint density at radius 2 is 1.86 bits per heavy atom. The third-order valence-corrected chi connectivity index (χ3v) is 1.84. The Morgan fingerprint density at radius 3 is 2.57 bits per heavy atom. The maximum atomic E-state index is 9.43. The van der Waals surface area contributed by atoms with Crippen LogP contribution in [0.2, 0.25) is 0 Å². The van der Waals surface area contributed by atoms with Gasteiger partial charge in [-0.1, -0.05) is 18.2 Å². The van der Waals surface area contributed by atoms with Crippen LogP contribution in [-0.4, -0.2) is 37.4 Å². The Bertz CT molecular complexity index is 433. The van der Waals surface area contributed by atoms with E-state index in [2.05, 4.69) is 4.98 Å². The molecule has 1 N–H and O–H groups in total. The number of aromatic hydroxyl groups is 1. The summed E-state index contributed by atoms with van der Waals surface area (Å²) in [5.74, 6) is 0.246. The minimum atomic E-state index is 0. The SMILES string of the molecule is B.Cc1ccc2cccc(O)c2n1.[LiH]. The molecule has 0 aliphatic heterocycles. The van der Waals surface area contributed by atoms with Gasteiger partial charge in [0.2, 0.25) is 0 Å². The van der Waals surface area contributed by atoms with Gasteiger partial charge >= 0.3 is 18.9 Å². The first kappa shape index (κ1) is 13.1. The zero-order chi connectivity index (χ0) is 8.55. The van der Waals surface area contributed by atoms with Gasteiger partial charge in [0.15, 0.2) is 0 Å². The van der Waals surface area contributed by atoms with E-state index in [1.165, 1.54) is 0 Å². The van der Waals surface area contributed by atoms with Crippen LogP contribution in [0.3, 0.4) is 0 Å². The third-order valence-electron chi connectivity index (χ3n) is 1.84. The van der Waals surface area contributed by atoms with E-state index in [1.54, 1.807) is 6.07 Å². The van der Waals surface area contributed by atoms with E-state index in [-0.39, 0.29) is 33.0 Å². The standard InChI is InChI=1S/C10H9NO.BH3.Li.H/c1-7-5-6-8-3-2-4-9(12)10(8)11-7;;;/h2-6,12H,1H3;1H3;;. The molecule has 2 rings (SSSR count). The quantitative estimate of drug-likeness (QED) is 0.597. The second kappa shape index (κ2) is 5.09. The molecule has 1 aromatic heterocycles. The van der Waals surface area contributed by atoms with Gasteiger partial charge < -0.3 is 5.11 Å². The summed E-state index contributed by atoms with van der Waals surface area (Å²) < 4.78 is 0. The number of para-hydroxylation sites is 1. The number of benzene rings is 1. The van der Waals surface area contributed by atoms with Crippen LogP contribution in [0.25, 0.3) is 10.9 Å². The topological polar surface area (TPSA) is 33.1 Å². The molecule has 0 atom stereocenters. The number of nitrogens with zero attached hydrogens (tertiary/aromatic N) is 1. The predicted molar refractivity (Wildman–Crippen MR) is 65.2 cm³/mol. The summed E-state index contributed by atoms with van der Waals surface area (Å²) in [5.41, 5.74) is 1.60. The molecule has 0 unspecified atom stereocenters. The van der Waals surface area contributed by atoms with Crippen molar-refractivity contribution in [1.29, 1.82) is 0 Å². The fourth-order valence-electron chi connectivity index (χ4n) is 1.23. The number of rotatable bonds is 0. The Labute approximate surface area is 97.1 Å². The van der Waals surface area contributed by atoms with Gasteiger partial charge in [0.1, 0.15) is 11.3 Å². The molecule has 0 fully saturated rings. The van der Waals surface area contributed by atoms with Crippen molar-refractivity contribution in [2.75, 3.05) is 0 Å². The summed E-state index contributed by atoms with van der Waals surface area (Å²) >= 11 is 0. The predicted octanol–water partition coefficient (Wildman–Crippen LogP) is 0.416. The molecule has 1 heterocycles. The zero-order valence-corrected chi connectivity index (χ0v) is 6.78. The van der Waals surface area contributed by atoms with Gasteiger partial charge in [-0.05, 0) is 19.1 Å². The molecule has 14 heavy (non-hydrogen) atoms. The van der Waals surface area contributed by atoms with Crippen LogP contribution in [0.4, 0.5) is 0 Å². The molecule has 0 aliphatic carbocycles.